The molecule has 0 radical (unpaired) electrons. The van der Waals surface area contributed by atoms with Crippen LogP contribution in [0.3, 0.4) is 0 Å². The predicted octanol–water partition coefficient (Wildman–Crippen LogP) is 3.20. The minimum absolute atomic E-state index is 0.390. The summed E-state index contributed by atoms with van der Waals surface area (Å²) in [5.74, 6) is 2.45. The Labute approximate surface area is 149 Å². The molecule has 0 aliphatic rings. The Kier molecular flexibility index (Phi) is 4.40. The van der Waals surface area contributed by atoms with Crippen molar-refractivity contribution in [2.45, 2.75) is 6.61 Å². The van der Waals surface area contributed by atoms with Gasteiger partial charge in [0.1, 0.15) is 17.9 Å². The number of pyridine rings is 1. The van der Waals surface area contributed by atoms with Gasteiger partial charge in [-0.3, -0.25) is 0 Å². The lowest BCUT2D eigenvalue weighted by molar-refractivity contribution is 0.181. The van der Waals surface area contributed by atoms with Crippen molar-refractivity contribution in [2.24, 2.45) is 0 Å². The lowest BCUT2D eigenvalue weighted by Gasteiger charge is -2.11. The Hall–Kier alpha value is -3.52. The minimum atomic E-state index is 0.390. The maximum absolute atomic E-state index is 5.77. The summed E-state index contributed by atoms with van der Waals surface area (Å²) in [6, 6.07) is 15.0. The lowest BCUT2D eigenvalue weighted by atomic mass is 10.3. The summed E-state index contributed by atoms with van der Waals surface area (Å²) >= 11 is 0. The van der Waals surface area contributed by atoms with Gasteiger partial charge in [-0.1, -0.05) is 12.1 Å². The quantitative estimate of drug-likeness (QED) is 0.572. The highest BCUT2D eigenvalue weighted by atomic mass is 16.5. The molecule has 0 saturated heterocycles. The summed E-state index contributed by atoms with van der Waals surface area (Å²) in [5.41, 5.74) is 1.60. The molecule has 26 heavy (non-hydrogen) atoms. The zero-order valence-electron chi connectivity index (χ0n) is 14.0. The van der Waals surface area contributed by atoms with Crippen LogP contribution in [-0.4, -0.2) is 31.7 Å². The van der Waals surface area contributed by atoms with Crippen LogP contribution in [0.2, 0.25) is 0 Å². The van der Waals surface area contributed by atoms with E-state index in [1.54, 1.807) is 23.9 Å². The monoisotopic (exact) mass is 348 g/mol. The first-order valence-electron chi connectivity index (χ1n) is 7.96. The van der Waals surface area contributed by atoms with E-state index in [9.17, 15) is 0 Å². The van der Waals surface area contributed by atoms with Gasteiger partial charge in [0.15, 0.2) is 0 Å². The van der Waals surface area contributed by atoms with Crippen LogP contribution in [0.5, 0.6) is 11.6 Å². The highest BCUT2D eigenvalue weighted by molar-refractivity contribution is 5.60. The van der Waals surface area contributed by atoms with Gasteiger partial charge in [0.05, 0.1) is 12.3 Å². The number of benzene rings is 1. The van der Waals surface area contributed by atoms with E-state index in [2.05, 4.69) is 25.4 Å². The Bertz CT molecular complexity index is 1020. The van der Waals surface area contributed by atoms with Gasteiger partial charge in [-0.05, 0) is 18.2 Å². The molecule has 0 fully saturated rings. The molecule has 0 aliphatic heterocycles. The normalized spacial score (nSPS) is 10.8. The van der Waals surface area contributed by atoms with Crippen molar-refractivity contribution >= 4 is 17.3 Å². The van der Waals surface area contributed by atoms with Crippen molar-refractivity contribution in [3.63, 3.8) is 0 Å². The summed E-state index contributed by atoms with van der Waals surface area (Å²) in [6.07, 6.45) is 3.15. The number of ether oxygens (including phenoxy) is 2. The molecule has 1 N–H and O–H groups in total. The molecule has 4 rings (SSSR count). The second-order valence-electron chi connectivity index (χ2n) is 5.46. The van der Waals surface area contributed by atoms with E-state index in [1.165, 1.54) is 6.33 Å². The van der Waals surface area contributed by atoms with Gasteiger partial charge < -0.3 is 14.8 Å². The minimum Gasteiger partial charge on any atom is -0.439 e. The molecule has 8 nitrogen and oxygen atoms in total. The molecular weight excluding hydrogens is 332 g/mol. The molecule has 3 aromatic heterocycles. The maximum Gasteiger partial charge on any atom is 0.254 e. The molecule has 0 amide bonds. The Morgan fingerprint density at radius 3 is 2.88 bits per heavy atom. The van der Waals surface area contributed by atoms with Crippen LogP contribution in [0.15, 0.2) is 61.1 Å². The fourth-order valence-electron chi connectivity index (χ4n) is 2.49. The smallest absolute Gasteiger partial charge is 0.254 e. The molecule has 0 bridgehead atoms. The fourth-order valence-corrected chi connectivity index (χ4v) is 2.49. The number of aromatic nitrogens is 5. The SMILES string of the molecule is COCc1cc(Nc2cccc(Oc3ccccn3)c2)n2ncnc2n1. The number of rotatable bonds is 6. The molecular formula is C18H16N6O2. The zero-order chi connectivity index (χ0) is 17.8. The van der Waals surface area contributed by atoms with Crippen LogP contribution >= 0.6 is 0 Å². The second kappa shape index (κ2) is 7.16. The van der Waals surface area contributed by atoms with Gasteiger partial charge in [0, 0.05) is 37.2 Å². The maximum atomic E-state index is 5.77. The molecule has 3 heterocycles. The van der Waals surface area contributed by atoms with Gasteiger partial charge in [-0.15, -0.1) is 0 Å². The zero-order valence-corrected chi connectivity index (χ0v) is 14.0. The third-order valence-electron chi connectivity index (χ3n) is 3.56. The molecule has 0 aliphatic carbocycles. The van der Waals surface area contributed by atoms with Gasteiger partial charge >= 0.3 is 0 Å². The molecule has 4 aromatic rings. The summed E-state index contributed by atoms with van der Waals surface area (Å²) < 4.78 is 12.6. The van der Waals surface area contributed by atoms with Gasteiger partial charge in [0.25, 0.3) is 5.78 Å². The number of nitrogens with zero attached hydrogens (tertiary/aromatic N) is 5. The average molecular weight is 348 g/mol. The molecule has 130 valence electrons. The standard InChI is InChI=1S/C18H16N6O2/c1-25-11-14-10-16(24-18(23-14)20-12-21-24)22-13-5-4-6-15(9-13)26-17-7-2-3-8-19-17/h2-10,12,22H,11H2,1H3. The summed E-state index contributed by atoms with van der Waals surface area (Å²) in [4.78, 5) is 12.7. The third kappa shape index (κ3) is 3.45. The van der Waals surface area contributed by atoms with Crippen molar-refractivity contribution in [3.8, 4) is 11.6 Å². The number of fused-ring (bicyclic) bond motifs is 1. The molecule has 0 spiro atoms. The third-order valence-corrected chi connectivity index (χ3v) is 3.56. The summed E-state index contributed by atoms with van der Waals surface area (Å²) in [5, 5.41) is 7.53. The van der Waals surface area contributed by atoms with Crippen molar-refractivity contribution in [2.75, 3.05) is 12.4 Å². The molecule has 0 atom stereocenters. The van der Waals surface area contributed by atoms with E-state index < -0.39 is 0 Å². The number of hydrogen-bond donors (Lipinski definition) is 1. The van der Waals surface area contributed by atoms with Crippen LogP contribution in [0.25, 0.3) is 5.78 Å². The Morgan fingerprint density at radius 1 is 1.08 bits per heavy atom. The number of methoxy groups -OCH3 is 1. The van der Waals surface area contributed by atoms with E-state index in [1.807, 2.05) is 42.5 Å². The van der Waals surface area contributed by atoms with Gasteiger partial charge in [-0.25, -0.2) is 9.97 Å². The van der Waals surface area contributed by atoms with Crippen molar-refractivity contribution < 1.29 is 9.47 Å². The van der Waals surface area contributed by atoms with Crippen LogP contribution in [0.4, 0.5) is 11.5 Å². The first-order chi connectivity index (χ1) is 12.8. The topological polar surface area (TPSA) is 86.5 Å². The van der Waals surface area contributed by atoms with E-state index in [4.69, 9.17) is 9.47 Å². The first-order valence-corrected chi connectivity index (χ1v) is 7.96. The van der Waals surface area contributed by atoms with E-state index in [-0.39, 0.29) is 0 Å². The van der Waals surface area contributed by atoms with Crippen molar-refractivity contribution in [1.29, 1.82) is 0 Å². The fraction of sp³-hybridized carbons (Fsp3) is 0.111. The summed E-state index contributed by atoms with van der Waals surface area (Å²) in [6.45, 7) is 0.390. The van der Waals surface area contributed by atoms with Gasteiger partial charge in [-0.2, -0.15) is 14.6 Å². The largest absolute Gasteiger partial charge is 0.439 e. The van der Waals surface area contributed by atoms with Crippen molar-refractivity contribution in [1.82, 2.24) is 24.6 Å². The highest BCUT2D eigenvalue weighted by Crippen LogP contribution is 2.25. The predicted molar refractivity (Wildman–Crippen MR) is 95.5 cm³/mol. The van der Waals surface area contributed by atoms with Gasteiger partial charge in [0.2, 0.25) is 5.88 Å². The van der Waals surface area contributed by atoms with E-state index >= 15 is 0 Å². The van der Waals surface area contributed by atoms with E-state index in [0.717, 1.165) is 17.2 Å². The Balaban J connectivity index is 1.62. The van der Waals surface area contributed by atoms with Crippen LogP contribution in [-0.2, 0) is 11.3 Å². The van der Waals surface area contributed by atoms with Crippen LogP contribution in [0.1, 0.15) is 5.69 Å². The number of hydrogen-bond acceptors (Lipinski definition) is 7. The molecule has 0 unspecified atom stereocenters. The number of nitrogens with one attached hydrogen (secondary N) is 1. The number of anilines is 2. The average Bonchev–Trinajstić information content (AvgIpc) is 3.12. The Morgan fingerprint density at radius 2 is 2.04 bits per heavy atom. The molecule has 8 heteroatoms. The second-order valence-corrected chi connectivity index (χ2v) is 5.46. The highest BCUT2D eigenvalue weighted by Gasteiger charge is 2.09. The van der Waals surface area contributed by atoms with Crippen LogP contribution in [0, 0.1) is 0 Å². The molecule has 0 saturated carbocycles. The molecule has 1 aromatic carbocycles. The van der Waals surface area contributed by atoms with Crippen molar-refractivity contribution in [3.05, 3.63) is 66.7 Å². The first kappa shape index (κ1) is 16.0. The van der Waals surface area contributed by atoms with Crippen LogP contribution < -0.4 is 10.1 Å². The van der Waals surface area contributed by atoms with E-state index in [0.29, 0.717) is 24.0 Å². The lowest BCUT2D eigenvalue weighted by Crippen LogP contribution is -2.04. The summed E-state index contributed by atoms with van der Waals surface area (Å²) in [7, 11) is 1.63.